The summed E-state index contributed by atoms with van der Waals surface area (Å²) in [6.45, 7) is 4.08. The van der Waals surface area contributed by atoms with Crippen molar-refractivity contribution in [3.8, 4) is 10.6 Å². The van der Waals surface area contributed by atoms with Crippen LogP contribution in [0.2, 0.25) is 0 Å². The Bertz CT molecular complexity index is 1080. The molecule has 0 aliphatic heterocycles. The van der Waals surface area contributed by atoms with E-state index in [1.807, 2.05) is 31.4 Å². The minimum Gasteiger partial charge on any atom is -0.349 e. The van der Waals surface area contributed by atoms with Gasteiger partial charge in [0.15, 0.2) is 0 Å². The third kappa shape index (κ3) is 7.85. The fraction of sp³-hybridized carbons (Fsp3) is 0.304. The topological polar surface area (TPSA) is 110 Å². The van der Waals surface area contributed by atoms with Crippen molar-refractivity contribution in [3.05, 3.63) is 64.6 Å². The van der Waals surface area contributed by atoms with Crippen molar-refractivity contribution in [2.45, 2.75) is 38.8 Å². The van der Waals surface area contributed by atoms with Crippen molar-refractivity contribution < 1.29 is 14.0 Å². The first-order valence-electron chi connectivity index (χ1n) is 10.5. The fourth-order valence-corrected chi connectivity index (χ4v) is 4.57. The minimum absolute atomic E-state index is 0.257. The molecule has 2 heterocycles. The van der Waals surface area contributed by atoms with Crippen LogP contribution in [0.1, 0.15) is 25.1 Å². The van der Waals surface area contributed by atoms with Crippen molar-refractivity contribution in [1.82, 2.24) is 15.5 Å². The second-order valence-electron chi connectivity index (χ2n) is 7.90. The summed E-state index contributed by atoms with van der Waals surface area (Å²) < 4.78 is 13.1. The minimum atomic E-state index is -0.660. The van der Waals surface area contributed by atoms with Crippen LogP contribution in [0.5, 0.6) is 0 Å². The van der Waals surface area contributed by atoms with Gasteiger partial charge in [0.05, 0.1) is 6.04 Å². The molecular weight excluding hydrogens is 461 g/mol. The predicted octanol–water partition coefficient (Wildman–Crippen LogP) is 4.00. The first-order valence-corrected chi connectivity index (χ1v) is 12.2. The zero-order valence-electron chi connectivity index (χ0n) is 18.3. The largest absolute Gasteiger partial charge is 0.349 e. The molecule has 4 N–H and O–H groups in total. The van der Waals surface area contributed by atoms with E-state index >= 15 is 0 Å². The molecule has 1 aromatic carbocycles. The smallest absolute Gasteiger partial charge is 0.249 e. The summed E-state index contributed by atoms with van der Waals surface area (Å²) in [4.78, 5) is 26.0. The van der Waals surface area contributed by atoms with E-state index in [2.05, 4.69) is 20.8 Å². The number of nitrogens with two attached hydrogens (primary N) is 1. The third-order valence-electron chi connectivity index (χ3n) is 4.62. The lowest BCUT2D eigenvalue weighted by atomic mass is 10.0. The highest BCUT2D eigenvalue weighted by atomic mass is 32.1. The van der Waals surface area contributed by atoms with E-state index in [0.717, 1.165) is 4.88 Å². The number of amides is 2. The van der Waals surface area contributed by atoms with Gasteiger partial charge in [0.1, 0.15) is 10.8 Å². The molecule has 0 saturated carbocycles. The van der Waals surface area contributed by atoms with E-state index in [1.165, 1.54) is 29.5 Å². The first-order chi connectivity index (χ1) is 15.8. The Hall–Kier alpha value is -2.95. The van der Waals surface area contributed by atoms with Crippen LogP contribution in [-0.2, 0) is 16.0 Å². The standard InChI is InChI=1S/C23H26FN5O2S2/c1-14(2)12-17(26-21(31)19(25)13-18-4-3-11-32-18)9-10-20(30)27-23-29-28-22(33-23)15-5-7-16(24)8-6-15/h3-11,14,17,19H,12-13,25H2,1-2H3,(H,26,31)(H,27,29,30). The molecule has 2 atom stereocenters. The van der Waals surface area contributed by atoms with Crippen LogP contribution in [0, 0.1) is 11.7 Å². The highest BCUT2D eigenvalue weighted by Gasteiger charge is 2.19. The number of carbonyl (C=O) groups is 2. The lowest BCUT2D eigenvalue weighted by Gasteiger charge is -2.19. The van der Waals surface area contributed by atoms with Gasteiger partial charge in [-0.2, -0.15) is 0 Å². The van der Waals surface area contributed by atoms with Gasteiger partial charge in [0.2, 0.25) is 16.9 Å². The molecule has 0 bridgehead atoms. The molecule has 3 rings (SSSR count). The van der Waals surface area contributed by atoms with Gasteiger partial charge >= 0.3 is 0 Å². The SMILES string of the molecule is CC(C)CC(C=CC(=O)Nc1nnc(-c2ccc(F)cc2)s1)NC(=O)C(N)Cc1cccs1. The van der Waals surface area contributed by atoms with E-state index in [9.17, 15) is 14.0 Å². The Kier molecular flexibility index (Phi) is 8.81. The maximum Gasteiger partial charge on any atom is 0.249 e. The summed E-state index contributed by atoms with van der Waals surface area (Å²) in [7, 11) is 0. The molecule has 174 valence electrons. The van der Waals surface area contributed by atoms with Gasteiger partial charge in [-0.25, -0.2) is 4.39 Å². The van der Waals surface area contributed by atoms with Crippen molar-refractivity contribution >= 4 is 39.6 Å². The molecule has 0 radical (unpaired) electrons. The second-order valence-corrected chi connectivity index (χ2v) is 9.91. The van der Waals surface area contributed by atoms with Crippen LogP contribution in [0.25, 0.3) is 10.6 Å². The molecule has 10 heteroatoms. The average Bonchev–Trinajstić information content (AvgIpc) is 3.44. The van der Waals surface area contributed by atoms with Crippen LogP contribution >= 0.6 is 22.7 Å². The van der Waals surface area contributed by atoms with Gasteiger partial charge in [-0.3, -0.25) is 14.9 Å². The van der Waals surface area contributed by atoms with Gasteiger partial charge < -0.3 is 11.1 Å². The Morgan fingerprint density at radius 1 is 1.18 bits per heavy atom. The summed E-state index contributed by atoms with van der Waals surface area (Å²) >= 11 is 2.75. The molecule has 33 heavy (non-hydrogen) atoms. The van der Waals surface area contributed by atoms with Gasteiger partial charge in [-0.15, -0.1) is 21.5 Å². The number of hydrogen-bond acceptors (Lipinski definition) is 7. The molecule has 0 aliphatic rings. The number of thiophene rings is 1. The molecule has 3 aromatic rings. The molecule has 0 aliphatic carbocycles. The molecular formula is C23H26FN5O2S2. The Labute approximate surface area is 199 Å². The number of rotatable bonds is 10. The van der Waals surface area contributed by atoms with Gasteiger partial charge in [-0.05, 0) is 48.1 Å². The summed E-state index contributed by atoms with van der Waals surface area (Å²) in [5.74, 6) is -0.676. The molecule has 2 unspecified atom stereocenters. The molecule has 2 amide bonds. The second kappa shape index (κ2) is 11.8. The number of nitrogens with zero attached hydrogens (tertiary/aromatic N) is 2. The zero-order chi connectivity index (χ0) is 23.8. The zero-order valence-corrected chi connectivity index (χ0v) is 20.0. The monoisotopic (exact) mass is 487 g/mol. The fourth-order valence-electron chi connectivity index (χ4n) is 3.05. The number of aromatic nitrogens is 2. The van der Waals surface area contributed by atoms with E-state index in [4.69, 9.17) is 5.73 Å². The third-order valence-corrected chi connectivity index (χ3v) is 6.40. The predicted molar refractivity (Wildman–Crippen MR) is 130 cm³/mol. The van der Waals surface area contributed by atoms with E-state index in [-0.39, 0.29) is 23.7 Å². The number of halogens is 1. The molecule has 0 spiro atoms. The maximum absolute atomic E-state index is 13.1. The number of carbonyl (C=O) groups excluding carboxylic acids is 2. The number of anilines is 1. The highest BCUT2D eigenvalue weighted by molar-refractivity contribution is 7.18. The molecule has 0 fully saturated rings. The van der Waals surface area contributed by atoms with Gasteiger partial charge in [0, 0.05) is 29.0 Å². The van der Waals surface area contributed by atoms with Crippen LogP contribution in [0.15, 0.2) is 53.9 Å². The summed E-state index contributed by atoms with van der Waals surface area (Å²) in [5, 5.41) is 16.4. The molecule has 7 nitrogen and oxygen atoms in total. The van der Waals surface area contributed by atoms with Crippen LogP contribution in [0.4, 0.5) is 9.52 Å². The Balaban J connectivity index is 1.57. The van der Waals surface area contributed by atoms with Crippen LogP contribution in [0.3, 0.4) is 0 Å². The number of nitrogens with one attached hydrogen (secondary N) is 2. The van der Waals surface area contributed by atoms with Crippen molar-refractivity contribution in [2.75, 3.05) is 5.32 Å². The lowest BCUT2D eigenvalue weighted by Crippen LogP contribution is -2.46. The van der Waals surface area contributed by atoms with Crippen LogP contribution in [-0.4, -0.2) is 34.1 Å². The van der Waals surface area contributed by atoms with E-state index in [1.54, 1.807) is 29.5 Å². The Morgan fingerprint density at radius 3 is 2.61 bits per heavy atom. The first kappa shape index (κ1) is 24.7. The summed E-state index contributed by atoms with van der Waals surface area (Å²) in [6.07, 6.45) is 4.16. The Morgan fingerprint density at radius 2 is 1.94 bits per heavy atom. The number of hydrogen-bond donors (Lipinski definition) is 3. The van der Waals surface area contributed by atoms with Crippen molar-refractivity contribution in [2.24, 2.45) is 11.7 Å². The normalized spacial score (nSPS) is 13.2. The van der Waals surface area contributed by atoms with E-state index in [0.29, 0.717) is 34.5 Å². The quantitative estimate of drug-likeness (QED) is 0.375. The highest BCUT2D eigenvalue weighted by Crippen LogP contribution is 2.26. The molecule has 0 saturated heterocycles. The van der Waals surface area contributed by atoms with Crippen molar-refractivity contribution in [3.63, 3.8) is 0 Å². The van der Waals surface area contributed by atoms with Gasteiger partial charge in [0.25, 0.3) is 0 Å². The van der Waals surface area contributed by atoms with Crippen molar-refractivity contribution in [1.29, 1.82) is 0 Å². The lowest BCUT2D eigenvalue weighted by molar-refractivity contribution is -0.122. The van der Waals surface area contributed by atoms with Gasteiger partial charge in [-0.1, -0.05) is 37.3 Å². The maximum atomic E-state index is 13.1. The molecule has 2 aromatic heterocycles. The van der Waals surface area contributed by atoms with Crippen LogP contribution < -0.4 is 16.4 Å². The summed E-state index contributed by atoms with van der Waals surface area (Å²) in [5.41, 5.74) is 6.77. The summed E-state index contributed by atoms with van der Waals surface area (Å²) in [6, 6.07) is 8.76. The average molecular weight is 488 g/mol. The number of benzene rings is 1. The van der Waals surface area contributed by atoms with E-state index < -0.39 is 6.04 Å².